The van der Waals surface area contributed by atoms with E-state index in [-0.39, 0.29) is 12.4 Å². The van der Waals surface area contributed by atoms with E-state index >= 15 is 0 Å². The van der Waals surface area contributed by atoms with Gasteiger partial charge in [0.25, 0.3) is 0 Å². The first-order chi connectivity index (χ1) is 20.0. The Kier molecular flexibility index (Phi) is 8.87. The molecule has 3 saturated heterocycles. The summed E-state index contributed by atoms with van der Waals surface area (Å²) in [7, 11) is 0. The Morgan fingerprint density at radius 1 is 1.02 bits per heavy atom. The van der Waals surface area contributed by atoms with Crippen LogP contribution in [0.5, 0.6) is 0 Å². The molecule has 3 heterocycles. The van der Waals surface area contributed by atoms with Crippen LogP contribution in [0.15, 0.2) is 12.2 Å². The fraction of sp³-hybridized carbons (Fsp3) is 0.848. The predicted molar refractivity (Wildman–Crippen MR) is 153 cm³/mol. The summed E-state index contributed by atoms with van der Waals surface area (Å²) < 4.78 is 23.2. The lowest BCUT2D eigenvalue weighted by Crippen LogP contribution is -2.72. The highest BCUT2D eigenvalue weighted by Gasteiger charge is 2.93. The molecule has 0 aromatic carbocycles. The molecule has 0 amide bonds. The molecule has 236 valence electrons. The third-order valence-electron chi connectivity index (χ3n) is 11.2. The average Bonchev–Trinajstić information content (AvgIpc) is 3.54. The van der Waals surface area contributed by atoms with Crippen LogP contribution in [0.25, 0.3) is 0 Å². The first-order valence-electron chi connectivity index (χ1n) is 16.3. The van der Waals surface area contributed by atoms with Crippen molar-refractivity contribution in [2.45, 2.75) is 153 Å². The van der Waals surface area contributed by atoms with Crippen molar-refractivity contribution in [2.75, 3.05) is 0 Å². The lowest BCUT2D eigenvalue weighted by atomic mass is 9.50. The molecule has 9 heteroatoms. The molecule has 9 nitrogen and oxygen atoms in total. The number of epoxide rings is 1. The van der Waals surface area contributed by atoms with Crippen molar-refractivity contribution in [1.29, 1.82) is 0 Å². The third kappa shape index (κ3) is 4.73. The lowest BCUT2D eigenvalue weighted by Gasteiger charge is -2.57. The average molecular weight is 591 g/mol. The molecule has 5 aliphatic rings. The summed E-state index contributed by atoms with van der Waals surface area (Å²) in [4.78, 5) is 38.9. The summed E-state index contributed by atoms with van der Waals surface area (Å²) in [6, 6.07) is 0. The van der Waals surface area contributed by atoms with Crippen LogP contribution in [0.3, 0.4) is 0 Å². The summed E-state index contributed by atoms with van der Waals surface area (Å²) in [6.45, 7) is 11.3. The van der Waals surface area contributed by atoms with Crippen LogP contribution >= 0.6 is 0 Å². The smallest absolute Gasteiger partial charge is 0.313 e. The Bertz CT molecular complexity index is 1070. The second kappa shape index (κ2) is 11.8. The lowest BCUT2D eigenvalue weighted by molar-refractivity contribution is -0.272. The minimum absolute atomic E-state index is 0.0983. The predicted octanol–water partition coefficient (Wildman–Crippen LogP) is 4.55. The Labute approximate surface area is 249 Å². The second-order valence-electron chi connectivity index (χ2n) is 13.8. The topological polar surface area (TPSA) is 132 Å². The zero-order chi connectivity index (χ0) is 30.4. The number of ether oxygens (including phenoxy) is 4. The molecule has 0 aromatic rings. The van der Waals surface area contributed by atoms with E-state index in [0.717, 1.165) is 19.3 Å². The Morgan fingerprint density at radius 3 is 2.21 bits per heavy atom. The van der Waals surface area contributed by atoms with Gasteiger partial charge >= 0.3 is 17.9 Å². The quantitative estimate of drug-likeness (QED) is 0.0927. The molecule has 0 radical (unpaired) electrons. The molecule has 11 atom stereocenters. The highest BCUT2D eigenvalue weighted by atomic mass is 16.7. The van der Waals surface area contributed by atoms with Gasteiger partial charge in [-0.1, -0.05) is 90.2 Å². The Morgan fingerprint density at radius 2 is 1.62 bits per heavy atom. The summed E-state index contributed by atoms with van der Waals surface area (Å²) >= 11 is 0. The van der Waals surface area contributed by atoms with Gasteiger partial charge in [0, 0.05) is 18.8 Å². The number of carbonyl (C=O) groups excluding carboxylic acids is 3. The van der Waals surface area contributed by atoms with Crippen molar-refractivity contribution in [3.8, 4) is 0 Å². The van der Waals surface area contributed by atoms with Gasteiger partial charge in [0.2, 0.25) is 0 Å². The normalized spacial score (nSPS) is 41.7. The molecule has 2 bridgehead atoms. The summed E-state index contributed by atoms with van der Waals surface area (Å²) in [5, 5.41) is 23.9. The fourth-order valence-electron chi connectivity index (χ4n) is 8.78. The first kappa shape index (κ1) is 31.5. The maximum Gasteiger partial charge on any atom is 0.313 e. The van der Waals surface area contributed by atoms with Gasteiger partial charge in [0.15, 0.2) is 5.60 Å². The van der Waals surface area contributed by atoms with Crippen LogP contribution < -0.4 is 0 Å². The number of aliphatic hydroxyl groups is 2. The van der Waals surface area contributed by atoms with Crippen LogP contribution in [0.4, 0.5) is 0 Å². The third-order valence-corrected chi connectivity index (χ3v) is 11.2. The van der Waals surface area contributed by atoms with Gasteiger partial charge in [-0.05, 0) is 20.3 Å². The van der Waals surface area contributed by atoms with Crippen molar-refractivity contribution in [2.24, 2.45) is 23.2 Å². The molecular formula is C33H50O9. The maximum atomic E-state index is 13.3. The second-order valence-corrected chi connectivity index (χ2v) is 13.8. The van der Waals surface area contributed by atoms with Gasteiger partial charge in [0.05, 0.1) is 17.3 Å². The monoisotopic (exact) mass is 590 g/mol. The van der Waals surface area contributed by atoms with E-state index in [2.05, 4.69) is 13.5 Å². The molecule has 42 heavy (non-hydrogen) atoms. The van der Waals surface area contributed by atoms with Crippen molar-refractivity contribution in [3.63, 3.8) is 0 Å². The van der Waals surface area contributed by atoms with E-state index in [9.17, 15) is 24.6 Å². The number of esters is 3. The summed E-state index contributed by atoms with van der Waals surface area (Å²) in [6.07, 6.45) is 9.05. The molecule has 0 unspecified atom stereocenters. The maximum absolute atomic E-state index is 13.3. The number of fused-ring (bicyclic) bond motifs is 8. The van der Waals surface area contributed by atoms with Gasteiger partial charge < -0.3 is 29.2 Å². The van der Waals surface area contributed by atoms with Crippen molar-refractivity contribution >= 4 is 17.9 Å². The van der Waals surface area contributed by atoms with Crippen LogP contribution in [0, 0.1) is 23.2 Å². The standard InChI is InChI=1S/C33H50O9/c1-6-7-8-9-10-11-12-13-14-15-16-17-22(34)39-20(4)21-18-32(42-29(21)36)27-28(41-27)33(38)24-23(19(2)3)25(40-30(24)37)26(35)31(32,33)5/h20-21,23-28,35,38H,2,6-18H2,1,3-5H3/t20-,21+,23-,24+,25+,26+,27+,28-,31-,32+,33-/m0/s1. The molecule has 0 aromatic heterocycles. The SMILES string of the molecule is C=C(C)[C@@H]1[C@H]2OC(=O)[C@@H]1[C@]1(O)[C@H]3O[C@H]3[C@]3(C[C@H]([C@H](C)OC(=O)CCCCCCCCCCCCC)C(=O)O3)[C@]1(C)[C@@H]2O. The molecule has 2 N–H and O–H groups in total. The number of aliphatic hydroxyl groups excluding tert-OH is 1. The summed E-state index contributed by atoms with van der Waals surface area (Å²) in [5.74, 6) is -3.85. The van der Waals surface area contributed by atoms with E-state index in [1.165, 1.54) is 51.4 Å². The molecule has 5 fully saturated rings. The zero-order valence-electron chi connectivity index (χ0n) is 25.8. The molecule has 5 rings (SSSR count). The van der Waals surface area contributed by atoms with E-state index < -0.39 is 76.8 Å². The van der Waals surface area contributed by atoms with E-state index in [4.69, 9.17) is 18.9 Å². The van der Waals surface area contributed by atoms with Crippen LogP contribution in [0.2, 0.25) is 0 Å². The van der Waals surface area contributed by atoms with Gasteiger partial charge in [-0.3, -0.25) is 14.4 Å². The first-order valence-corrected chi connectivity index (χ1v) is 16.3. The van der Waals surface area contributed by atoms with Crippen molar-refractivity contribution in [3.05, 3.63) is 12.2 Å². The molecule has 1 spiro atoms. The zero-order valence-corrected chi connectivity index (χ0v) is 25.8. The largest absolute Gasteiger partial charge is 0.462 e. The number of hydrogen-bond donors (Lipinski definition) is 2. The fourth-order valence-corrected chi connectivity index (χ4v) is 8.78. The van der Waals surface area contributed by atoms with Crippen molar-refractivity contribution in [1.82, 2.24) is 0 Å². The highest BCUT2D eigenvalue weighted by Crippen LogP contribution is 2.75. The molecule has 2 saturated carbocycles. The van der Waals surface area contributed by atoms with Crippen LogP contribution in [-0.2, 0) is 33.3 Å². The highest BCUT2D eigenvalue weighted by molar-refractivity contribution is 5.81. The van der Waals surface area contributed by atoms with E-state index in [1.807, 2.05) is 0 Å². The van der Waals surface area contributed by atoms with E-state index in [1.54, 1.807) is 20.8 Å². The molecular weight excluding hydrogens is 540 g/mol. The summed E-state index contributed by atoms with van der Waals surface area (Å²) in [5.41, 5.74) is -3.99. The van der Waals surface area contributed by atoms with Gasteiger partial charge in [-0.15, -0.1) is 0 Å². The van der Waals surface area contributed by atoms with Gasteiger partial charge in [-0.2, -0.15) is 0 Å². The number of unbranched alkanes of at least 4 members (excludes halogenated alkanes) is 10. The molecule has 3 aliphatic heterocycles. The number of hydrogen-bond acceptors (Lipinski definition) is 9. The molecule has 2 aliphatic carbocycles. The van der Waals surface area contributed by atoms with Crippen molar-refractivity contribution < 1.29 is 43.5 Å². The minimum atomic E-state index is -1.81. The number of rotatable bonds is 15. The minimum Gasteiger partial charge on any atom is -0.462 e. The van der Waals surface area contributed by atoms with E-state index in [0.29, 0.717) is 12.0 Å². The Hall–Kier alpha value is -1.97. The number of carbonyl (C=O) groups is 3. The van der Waals surface area contributed by atoms with Gasteiger partial charge in [-0.25, -0.2) is 0 Å². The van der Waals surface area contributed by atoms with Crippen LogP contribution in [-0.4, -0.2) is 69.8 Å². The Balaban J connectivity index is 1.15. The van der Waals surface area contributed by atoms with Crippen LogP contribution in [0.1, 0.15) is 111 Å². The van der Waals surface area contributed by atoms with Gasteiger partial charge in [0.1, 0.15) is 36.1 Å².